The number of rotatable bonds is 4. The number of thiazole rings is 1. The van der Waals surface area contributed by atoms with Crippen molar-refractivity contribution in [2.75, 3.05) is 5.32 Å². The molecule has 5 nitrogen and oxygen atoms in total. The summed E-state index contributed by atoms with van der Waals surface area (Å²) in [6, 6.07) is 24.5. The number of aromatic nitrogens is 1. The first-order valence-electron chi connectivity index (χ1n) is 9.73. The van der Waals surface area contributed by atoms with Crippen LogP contribution in [0.4, 0.5) is 5.69 Å². The van der Waals surface area contributed by atoms with Gasteiger partial charge in [-0.2, -0.15) is 5.26 Å². The Bertz CT molecular complexity index is 1550. The highest BCUT2D eigenvalue weighted by atomic mass is 35.5. The minimum Gasteiger partial charge on any atom is -0.321 e. The van der Waals surface area contributed by atoms with Gasteiger partial charge in [0.25, 0.3) is 11.5 Å². The molecule has 0 radical (unpaired) electrons. The van der Waals surface area contributed by atoms with Crippen molar-refractivity contribution in [3.8, 4) is 11.8 Å². The minimum absolute atomic E-state index is 0.185. The molecule has 4 aromatic rings. The zero-order chi connectivity index (χ0) is 23.4. The van der Waals surface area contributed by atoms with Crippen molar-refractivity contribution in [2.24, 2.45) is 0 Å². The van der Waals surface area contributed by atoms with Gasteiger partial charge in [0.05, 0.1) is 10.2 Å². The molecule has 0 aliphatic carbocycles. The summed E-state index contributed by atoms with van der Waals surface area (Å²) in [6.07, 6.45) is 1.66. The second-order valence-electron chi connectivity index (χ2n) is 6.86. The fourth-order valence-corrected chi connectivity index (χ4v) is 4.53. The lowest BCUT2D eigenvalue weighted by Crippen LogP contribution is -2.32. The van der Waals surface area contributed by atoms with Gasteiger partial charge in [0.15, 0.2) is 5.57 Å². The van der Waals surface area contributed by atoms with E-state index < -0.39 is 5.91 Å². The van der Waals surface area contributed by atoms with Gasteiger partial charge in [0.1, 0.15) is 10.7 Å². The first-order chi connectivity index (χ1) is 16.0. The van der Waals surface area contributed by atoms with Crippen LogP contribution >= 0.6 is 34.5 Å². The van der Waals surface area contributed by atoms with Crippen LogP contribution in [0, 0.1) is 11.3 Å². The number of anilines is 1. The van der Waals surface area contributed by atoms with E-state index in [2.05, 4.69) is 5.32 Å². The van der Waals surface area contributed by atoms with Gasteiger partial charge in [-0.15, -0.1) is 11.3 Å². The summed E-state index contributed by atoms with van der Waals surface area (Å²) in [5, 5.41) is 13.6. The summed E-state index contributed by atoms with van der Waals surface area (Å²) in [5.74, 6) is -0.630. The molecule has 0 unspecified atom stereocenters. The van der Waals surface area contributed by atoms with E-state index in [1.165, 1.54) is 4.57 Å². The lowest BCUT2D eigenvalue weighted by atomic mass is 10.2. The molecule has 0 saturated carbocycles. The van der Waals surface area contributed by atoms with Crippen molar-refractivity contribution in [1.82, 2.24) is 4.57 Å². The normalized spacial score (nSPS) is 12.2. The summed E-state index contributed by atoms with van der Waals surface area (Å²) < 4.78 is 1.93. The summed E-state index contributed by atoms with van der Waals surface area (Å²) in [6.45, 7) is 0. The molecule has 1 aromatic heterocycles. The molecule has 1 amide bonds. The third-order valence-corrected chi connectivity index (χ3v) is 6.37. The number of carbonyl (C=O) groups excluding carboxylic acids is 1. The maximum Gasteiger partial charge on any atom is 0.273 e. The van der Waals surface area contributed by atoms with Crippen LogP contribution in [0.25, 0.3) is 17.3 Å². The Hall–Kier alpha value is -3.63. The van der Waals surface area contributed by atoms with Gasteiger partial charge in [-0.3, -0.25) is 14.2 Å². The Morgan fingerprint density at radius 1 is 0.970 bits per heavy atom. The second kappa shape index (κ2) is 9.88. The lowest BCUT2D eigenvalue weighted by Gasteiger charge is -2.06. The van der Waals surface area contributed by atoms with E-state index in [9.17, 15) is 14.9 Å². The van der Waals surface area contributed by atoms with Crippen LogP contribution in [0.15, 0.2) is 83.7 Å². The SMILES string of the molecule is N#C/C(C(=O)Nc1ccc(Cl)cc1)=c1\s/c(=C/c2ccccc2Cl)c(=O)n1-c1ccccc1. The van der Waals surface area contributed by atoms with Gasteiger partial charge in [0.2, 0.25) is 0 Å². The molecule has 4 rings (SSSR count). The largest absolute Gasteiger partial charge is 0.321 e. The van der Waals surface area contributed by atoms with Gasteiger partial charge in [-0.25, -0.2) is 0 Å². The molecule has 0 aliphatic rings. The molecule has 162 valence electrons. The third-order valence-electron chi connectivity index (χ3n) is 4.68. The zero-order valence-corrected chi connectivity index (χ0v) is 19.3. The number of hydrogen-bond donors (Lipinski definition) is 1. The van der Waals surface area contributed by atoms with Gasteiger partial charge in [-0.1, -0.05) is 59.6 Å². The van der Waals surface area contributed by atoms with E-state index in [0.717, 1.165) is 11.3 Å². The van der Waals surface area contributed by atoms with Crippen molar-refractivity contribution in [1.29, 1.82) is 5.26 Å². The molecule has 0 bridgehead atoms. The molecule has 1 N–H and O–H groups in total. The van der Waals surface area contributed by atoms with E-state index in [1.54, 1.807) is 72.8 Å². The summed E-state index contributed by atoms with van der Waals surface area (Å²) in [5.41, 5.74) is 1.14. The molecule has 0 fully saturated rings. The zero-order valence-electron chi connectivity index (χ0n) is 17.0. The fraction of sp³-hybridized carbons (Fsp3) is 0. The Kier molecular flexibility index (Phi) is 6.76. The maximum absolute atomic E-state index is 13.4. The Balaban J connectivity index is 1.95. The third kappa shape index (κ3) is 4.91. The van der Waals surface area contributed by atoms with Crippen LogP contribution in [0.1, 0.15) is 5.56 Å². The van der Waals surface area contributed by atoms with Crippen LogP contribution in [0.5, 0.6) is 0 Å². The molecule has 0 spiro atoms. The number of nitrogens with zero attached hydrogens (tertiary/aromatic N) is 2. The Morgan fingerprint density at radius 2 is 1.64 bits per heavy atom. The molecule has 8 heteroatoms. The number of amides is 1. The average molecular weight is 492 g/mol. The molecular weight excluding hydrogens is 477 g/mol. The first kappa shape index (κ1) is 22.6. The number of para-hydroxylation sites is 1. The quantitative estimate of drug-likeness (QED) is 0.461. The lowest BCUT2D eigenvalue weighted by molar-refractivity contribution is -0.111. The van der Waals surface area contributed by atoms with E-state index in [4.69, 9.17) is 23.2 Å². The highest BCUT2D eigenvalue weighted by Crippen LogP contribution is 2.16. The van der Waals surface area contributed by atoms with Crippen LogP contribution < -0.4 is 20.1 Å². The molecule has 33 heavy (non-hydrogen) atoms. The van der Waals surface area contributed by atoms with Gasteiger partial charge >= 0.3 is 0 Å². The second-order valence-corrected chi connectivity index (χ2v) is 8.74. The molecule has 1 heterocycles. The van der Waals surface area contributed by atoms with E-state index >= 15 is 0 Å². The van der Waals surface area contributed by atoms with E-state index in [1.807, 2.05) is 18.2 Å². The smallest absolute Gasteiger partial charge is 0.273 e. The standard InChI is InChI=1S/C25H15Cl2N3O2S/c26-17-10-12-18(13-11-17)29-23(31)20(15-28)25-30(19-7-2-1-3-8-19)24(32)22(33-25)14-16-6-4-5-9-21(16)27/h1-14H,(H,29,31)/b22-14+,25-20+. The molecular formula is C25H15Cl2N3O2S. The van der Waals surface area contributed by atoms with Crippen molar-refractivity contribution in [3.63, 3.8) is 0 Å². The van der Waals surface area contributed by atoms with Crippen molar-refractivity contribution >= 4 is 57.8 Å². The average Bonchev–Trinajstić information content (AvgIpc) is 3.13. The van der Waals surface area contributed by atoms with Gasteiger partial charge < -0.3 is 5.32 Å². The highest BCUT2D eigenvalue weighted by molar-refractivity contribution is 7.07. The predicted molar refractivity (Wildman–Crippen MR) is 133 cm³/mol. The van der Waals surface area contributed by atoms with Crippen LogP contribution in [-0.4, -0.2) is 10.5 Å². The first-order valence-corrected chi connectivity index (χ1v) is 11.3. The number of hydrogen-bond acceptors (Lipinski definition) is 4. The molecule has 3 aromatic carbocycles. The Morgan fingerprint density at radius 3 is 2.30 bits per heavy atom. The maximum atomic E-state index is 13.4. The van der Waals surface area contributed by atoms with Gasteiger partial charge in [-0.05, 0) is 54.1 Å². The van der Waals surface area contributed by atoms with Crippen molar-refractivity contribution < 1.29 is 4.79 Å². The van der Waals surface area contributed by atoms with Crippen molar-refractivity contribution in [3.05, 3.63) is 114 Å². The summed E-state index contributed by atoms with van der Waals surface area (Å²) in [7, 11) is 0. The Labute approximate surface area is 203 Å². The van der Waals surface area contributed by atoms with Gasteiger partial charge in [0, 0.05) is 15.7 Å². The highest BCUT2D eigenvalue weighted by Gasteiger charge is 2.17. The van der Waals surface area contributed by atoms with Crippen LogP contribution in [0.3, 0.4) is 0 Å². The summed E-state index contributed by atoms with van der Waals surface area (Å²) >= 11 is 13.2. The van der Waals surface area contributed by atoms with E-state index in [-0.39, 0.29) is 15.8 Å². The number of benzene rings is 3. The molecule has 0 aliphatic heterocycles. The molecule has 0 saturated heterocycles. The van der Waals surface area contributed by atoms with E-state index in [0.29, 0.717) is 31.5 Å². The monoisotopic (exact) mass is 491 g/mol. The van der Waals surface area contributed by atoms with Crippen LogP contribution in [0.2, 0.25) is 10.0 Å². The van der Waals surface area contributed by atoms with Crippen molar-refractivity contribution in [2.45, 2.75) is 0 Å². The topological polar surface area (TPSA) is 74.9 Å². The number of halogens is 2. The van der Waals surface area contributed by atoms with Crippen LogP contribution in [-0.2, 0) is 4.79 Å². The fourth-order valence-electron chi connectivity index (χ4n) is 3.12. The predicted octanol–water partition coefficient (Wildman–Crippen LogP) is 4.35. The number of nitrogens with one attached hydrogen (secondary N) is 1. The number of nitriles is 1. The minimum atomic E-state index is -0.630. The molecule has 0 atom stereocenters. The number of carbonyl (C=O) groups is 1. The summed E-state index contributed by atoms with van der Waals surface area (Å²) in [4.78, 5) is 26.4.